The lowest BCUT2D eigenvalue weighted by atomic mass is 9.75. The summed E-state index contributed by atoms with van der Waals surface area (Å²) in [5.41, 5.74) is 1.70. The van der Waals surface area contributed by atoms with Crippen molar-refractivity contribution in [3.05, 3.63) is 11.8 Å². The van der Waals surface area contributed by atoms with Crippen LogP contribution in [-0.4, -0.2) is 26.5 Å². The molecule has 1 aliphatic carbocycles. The van der Waals surface area contributed by atoms with Crippen molar-refractivity contribution in [3.63, 3.8) is 0 Å². The van der Waals surface area contributed by atoms with E-state index in [-0.39, 0.29) is 5.41 Å². The summed E-state index contributed by atoms with van der Waals surface area (Å²) >= 11 is 0. The number of hydrogen-bond acceptors (Lipinski definition) is 3. The van der Waals surface area contributed by atoms with Crippen LogP contribution < -0.4 is 0 Å². The second kappa shape index (κ2) is 8.37. The second-order valence-corrected chi connectivity index (χ2v) is 9.47. The standard InChI is InChI=1S/C18H32O3S/c1-2-18(11-7-14-22(19,20)15-12-18)10-6-13-21-16-17-8-4-3-5-9-17/h16H,2-15H2,1H3. The summed E-state index contributed by atoms with van der Waals surface area (Å²) in [7, 11) is -2.79. The van der Waals surface area contributed by atoms with Gasteiger partial charge in [0.05, 0.1) is 24.4 Å². The summed E-state index contributed by atoms with van der Waals surface area (Å²) in [5.74, 6) is 0.767. The van der Waals surface area contributed by atoms with Crippen molar-refractivity contribution in [2.75, 3.05) is 18.1 Å². The first-order valence-electron chi connectivity index (χ1n) is 9.05. The summed E-state index contributed by atoms with van der Waals surface area (Å²) in [4.78, 5) is 0. The molecule has 128 valence electrons. The van der Waals surface area contributed by atoms with E-state index in [9.17, 15) is 8.42 Å². The minimum absolute atomic E-state index is 0.227. The highest BCUT2D eigenvalue weighted by Crippen LogP contribution is 2.39. The third kappa shape index (κ3) is 5.60. The number of sulfone groups is 1. The lowest BCUT2D eigenvalue weighted by molar-refractivity contribution is 0.174. The quantitative estimate of drug-likeness (QED) is 0.527. The van der Waals surface area contributed by atoms with Crippen molar-refractivity contribution in [1.82, 2.24) is 0 Å². The van der Waals surface area contributed by atoms with Crippen LogP contribution in [0.25, 0.3) is 0 Å². The fourth-order valence-corrected chi connectivity index (χ4v) is 5.41. The zero-order valence-corrected chi connectivity index (χ0v) is 14.9. The molecule has 1 saturated carbocycles. The maximum Gasteiger partial charge on any atom is 0.150 e. The molecule has 2 fully saturated rings. The van der Waals surface area contributed by atoms with Crippen LogP contribution >= 0.6 is 0 Å². The molecule has 0 amide bonds. The fraction of sp³-hybridized carbons (Fsp3) is 0.889. The van der Waals surface area contributed by atoms with E-state index < -0.39 is 9.84 Å². The fourth-order valence-electron chi connectivity index (χ4n) is 3.88. The Morgan fingerprint density at radius 3 is 2.59 bits per heavy atom. The van der Waals surface area contributed by atoms with Gasteiger partial charge in [-0.1, -0.05) is 19.8 Å². The number of ether oxygens (including phenoxy) is 1. The van der Waals surface area contributed by atoms with Crippen LogP contribution in [0.15, 0.2) is 11.8 Å². The van der Waals surface area contributed by atoms with Gasteiger partial charge < -0.3 is 4.74 Å². The van der Waals surface area contributed by atoms with Gasteiger partial charge in [-0.2, -0.15) is 0 Å². The first-order valence-corrected chi connectivity index (χ1v) is 10.9. The number of hydrogen-bond donors (Lipinski definition) is 0. The molecule has 1 heterocycles. The zero-order valence-electron chi connectivity index (χ0n) is 14.1. The van der Waals surface area contributed by atoms with Gasteiger partial charge in [0.15, 0.2) is 0 Å². The molecular weight excluding hydrogens is 296 g/mol. The molecule has 3 nitrogen and oxygen atoms in total. The monoisotopic (exact) mass is 328 g/mol. The Balaban J connectivity index is 1.73. The van der Waals surface area contributed by atoms with Crippen LogP contribution in [0.4, 0.5) is 0 Å². The van der Waals surface area contributed by atoms with E-state index in [4.69, 9.17) is 4.74 Å². The van der Waals surface area contributed by atoms with Crippen LogP contribution in [0.2, 0.25) is 0 Å². The van der Waals surface area contributed by atoms with Crippen molar-refractivity contribution in [1.29, 1.82) is 0 Å². The molecule has 1 aliphatic heterocycles. The molecule has 1 saturated heterocycles. The zero-order chi connectivity index (χ0) is 15.9. The largest absolute Gasteiger partial charge is 0.501 e. The molecule has 0 aromatic carbocycles. The number of allylic oxidation sites excluding steroid dienone is 1. The van der Waals surface area contributed by atoms with E-state index in [1.165, 1.54) is 37.7 Å². The first kappa shape index (κ1) is 17.8. The highest BCUT2D eigenvalue weighted by molar-refractivity contribution is 7.91. The van der Waals surface area contributed by atoms with Gasteiger partial charge in [-0.15, -0.1) is 0 Å². The minimum Gasteiger partial charge on any atom is -0.501 e. The van der Waals surface area contributed by atoms with Crippen molar-refractivity contribution in [2.45, 2.75) is 77.6 Å². The van der Waals surface area contributed by atoms with Crippen LogP contribution in [0, 0.1) is 5.41 Å². The molecule has 0 radical (unpaired) electrons. The van der Waals surface area contributed by atoms with E-state index in [0.717, 1.165) is 45.1 Å². The molecule has 2 rings (SSSR count). The number of rotatable bonds is 6. The molecule has 22 heavy (non-hydrogen) atoms. The molecule has 4 heteroatoms. The van der Waals surface area contributed by atoms with Crippen molar-refractivity contribution < 1.29 is 13.2 Å². The SMILES string of the molecule is CCC1(CCCOC=C2CCCCC2)CCCS(=O)(=O)CC1. The highest BCUT2D eigenvalue weighted by Gasteiger charge is 2.32. The van der Waals surface area contributed by atoms with Gasteiger partial charge in [-0.25, -0.2) is 8.42 Å². The van der Waals surface area contributed by atoms with Crippen LogP contribution in [0.3, 0.4) is 0 Å². The van der Waals surface area contributed by atoms with Gasteiger partial charge in [-0.3, -0.25) is 0 Å². The summed E-state index contributed by atoms with van der Waals surface area (Å²) in [6.07, 6.45) is 14.3. The predicted molar refractivity (Wildman–Crippen MR) is 91.6 cm³/mol. The molecule has 0 aromatic heterocycles. The Hall–Kier alpha value is -0.510. The average Bonchev–Trinajstić information content (AvgIpc) is 2.67. The van der Waals surface area contributed by atoms with Crippen LogP contribution in [-0.2, 0) is 14.6 Å². The van der Waals surface area contributed by atoms with Gasteiger partial charge in [-0.05, 0) is 68.8 Å². The van der Waals surface area contributed by atoms with Crippen LogP contribution in [0.1, 0.15) is 77.6 Å². The molecule has 1 unspecified atom stereocenters. The topological polar surface area (TPSA) is 43.4 Å². The van der Waals surface area contributed by atoms with E-state index in [2.05, 4.69) is 6.92 Å². The molecule has 0 bridgehead atoms. The van der Waals surface area contributed by atoms with Crippen molar-refractivity contribution in [3.8, 4) is 0 Å². The third-order valence-corrected chi connectivity index (χ3v) is 7.31. The van der Waals surface area contributed by atoms with E-state index in [0.29, 0.717) is 11.5 Å². The van der Waals surface area contributed by atoms with Crippen molar-refractivity contribution >= 4 is 9.84 Å². The predicted octanol–water partition coefficient (Wildman–Crippen LogP) is 4.63. The second-order valence-electron chi connectivity index (χ2n) is 7.17. The Labute approximate surface area is 136 Å². The van der Waals surface area contributed by atoms with Gasteiger partial charge in [0.2, 0.25) is 0 Å². The molecule has 2 aliphatic rings. The lowest BCUT2D eigenvalue weighted by Gasteiger charge is -2.31. The maximum atomic E-state index is 11.8. The minimum atomic E-state index is -2.79. The van der Waals surface area contributed by atoms with Crippen molar-refractivity contribution in [2.24, 2.45) is 5.41 Å². The third-order valence-electron chi connectivity index (χ3n) is 5.57. The first-order chi connectivity index (χ1) is 10.6. The molecule has 1 atom stereocenters. The Morgan fingerprint density at radius 1 is 1.09 bits per heavy atom. The average molecular weight is 329 g/mol. The Kier molecular flexibility index (Phi) is 6.79. The maximum absolute atomic E-state index is 11.8. The van der Waals surface area contributed by atoms with E-state index in [1.54, 1.807) is 0 Å². The summed E-state index contributed by atoms with van der Waals surface area (Å²) in [5, 5.41) is 0. The van der Waals surface area contributed by atoms with Gasteiger partial charge in [0.1, 0.15) is 9.84 Å². The van der Waals surface area contributed by atoms with Gasteiger partial charge in [0, 0.05) is 0 Å². The summed E-state index contributed by atoms with van der Waals surface area (Å²) in [6.45, 7) is 2.99. The summed E-state index contributed by atoms with van der Waals surface area (Å²) in [6, 6.07) is 0. The smallest absolute Gasteiger partial charge is 0.150 e. The van der Waals surface area contributed by atoms with Crippen LogP contribution in [0.5, 0.6) is 0 Å². The lowest BCUT2D eigenvalue weighted by Crippen LogP contribution is -2.21. The summed E-state index contributed by atoms with van der Waals surface area (Å²) < 4.78 is 29.3. The normalized spacial score (nSPS) is 28.9. The Morgan fingerprint density at radius 2 is 1.86 bits per heavy atom. The molecular formula is C18H32O3S. The van der Waals surface area contributed by atoms with E-state index >= 15 is 0 Å². The Bertz CT molecular complexity index is 459. The van der Waals surface area contributed by atoms with Gasteiger partial charge >= 0.3 is 0 Å². The van der Waals surface area contributed by atoms with Gasteiger partial charge in [0.25, 0.3) is 0 Å². The van der Waals surface area contributed by atoms with E-state index in [1.807, 2.05) is 6.26 Å². The molecule has 0 N–H and O–H groups in total. The molecule has 0 aromatic rings. The highest BCUT2D eigenvalue weighted by atomic mass is 32.2. The molecule has 0 spiro atoms.